The number of esters is 3. The highest BCUT2D eigenvalue weighted by molar-refractivity contribution is 5.74. The molecule has 3 N–H and O–H groups in total. The molecule has 0 aromatic rings. The van der Waals surface area contributed by atoms with Crippen LogP contribution in [0.1, 0.15) is 226 Å². The molecule has 1 aliphatic rings. The van der Waals surface area contributed by atoms with Crippen LogP contribution in [0.2, 0.25) is 0 Å². The van der Waals surface area contributed by atoms with Crippen LogP contribution in [0.25, 0.3) is 0 Å². The van der Waals surface area contributed by atoms with E-state index >= 15 is 0 Å². The molecule has 1 rings (SSSR count). The zero-order valence-corrected chi connectivity index (χ0v) is 46.8. The van der Waals surface area contributed by atoms with Crippen molar-refractivity contribution in [3.05, 3.63) is 97.2 Å². The summed E-state index contributed by atoms with van der Waals surface area (Å²) in [6, 6.07) is 0. The van der Waals surface area contributed by atoms with Crippen molar-refractivity contribution in [2.45, 2.75) is 263 Å². The minimum absolute atomic E-state index is 0.0392. The maximum atomic E-state index is 13.1. The normalized spacial score (nSPS) is 18.9. The Balaban J connectivity index is 2.76. The van der Waals surface area contributed by atoms with Gasteiger partial charge in [0.05, 0.1) is 6.61 Å². The van der Waals surface area contributed by atoms with Crippen molar-refractivity contribution in [2.75, 3.05) is 13.2 Å². The summed E-state index contributed by atoms with van der Waals surface area (Å²) in [6.45, 7) is 5.76. The highest BCUT2D eigenvalue weighted by Gasteiger charge is 2.50. The Labute approximate surface area is 453 Å². The van der Waals surface area contributed by atoms with Gasteiger partial charge >= 0.3 is 23.9 Å². The molecule has 1 fully saturated rings. The molecule has 0 aliphatic carbocycles. The quantitative estimate of drug-likeness (QED) is 0.0228. The maximum absolute atomic E-state index is 13.1. The van der Waals surface area contributed by atoms with Gasteiger partial charge in [-0.1, -0.05) is 189 Å². The zero-order valence-electron chi connectivity index (χ0n) is 46.8. The standard InChI is InChI=1S/C63H102O12/c1-4-7-10-13-16-19-22-25-27-28-30-32-34-37-40-43-46-49-55(64)71-52-54(73-56(65)50-47-44-41-38-36-33-29-26-23-20-17-14-11-8-5-2)53-72-63-61(59(68)58(67)60(75-63)62(69)70)74-57(66)51-48-45-42-39-35-31-24-21-18-15-12-9-6-3/h7,10,16-17,19-21,24-27,29-30,32,37,40,54,58-61,63,67-68H,4-6,8-9,11-15,18,22-23,28,31,33-36,38-39,41-53H2,1-3H3,(H,69,70)/b10-7-,19-16-,20-17-,24-21-,27-25-,29-26-,32-30-,40-37-. The fourth-order valence-electron chi connectivity index (χ4n) is 8.13. The third-order valence-electron chi connectivity index (χ3n) is 12.6. The van der Waals surface area contributed by atoms with Gasteiger partial charge in [-0.05, 0) is 116 Å². The topological polar surface area (TPSA) is 175 Å². The molecule has 0 bridgehead atoms. The summed E-state index contributed by atoms with van der Waals surface area (Å²) in [5.74, 6) is -3.24. The zero-order chi connectivity index (χ0) is 54.7. The number of aliphatic carboxylic acids is 1. The van der Waals surface area contributed by atoms with Crippen LogP contribution in [0, 0.1) is 0 Å². The van der Waals surface area contributed by atoms with E-state index in [1.165, 1.54) is 44.9 Å². The summed E-state index contributed by atoms with van der Waals surface area (Å²) < 4.78 is 28.3. The van der Waals surface area contributed by atoms with E-state index in [2.05, 4.69) is 112 Å². The molecule has 1 saturated heterocycles. The first-order valence-electron chi connectivity index (χ1n) is 29.2. The van der Waals surface area contributed by atoms with E-state index in [1.54, 1.807) is 0 Å². The lowest BCUT2D eigenvalue weighted by Crippen LogP contribution is -2.61. The third kappa shape index (κ3) is 40.6. The first kappa shape index (κ1) is 68.7. The molecule has 0 radical (unpaired) electrons. The van der Waals surface area contributed by atoms with Gasteiger partial charge in [-0.25, -0.2) is 4.79 Å². The first-order chi connectivity index (χ1) is 36.6. The van der Waals surface area contributed by atoms with Crippen molar-refractivity contribution < 1.29 is 58.2 Å². The van der Waals surface area contributed by atoms with E-state index in [1.807, 2.05) is 6.08 Å². The molecule has 0 amide bonds. The Bertz CT molecular complexity index is 1670. The number of aliphatic hydroxyl groups is 2. The van der Waals surface area contributed by atoms with Crippen LogP contribution in [0.4, 0.5) is 0 Å². The molecular weight excluding hydrogens is 949 g/mol. The smallest absolute Gasteiger partial charge is 0.335 e. The molecule has 12 nitrogen and oxygen atoms in total. The number of carboxylic acid groups (broad SMARTS) is 1. The van der Waals surface area contributed by atoms with E-state index in [0.717, 1.165) is 116 Å². The van der Waals surface area contributed by atoms with Gasteiger partial charge in [-0.3, -0.25) is 14.4 Å². The Kier molecular flexibility index (Phi) is 46.2. The molecule has 0 aromatic heterocycles. The molecule has 6 atom stereocenters. The molecular formula is C63H102O12. The lowest BCUT2D eigenvalue weighted by molar-refractivity contribution is -0.301. The van der Waals surface area contributed by atoms with E-state index < -0.39 is 67.3 Å². The van der Waals surface area contributed by atoms with Gasteiger partial charge in [0.2, 0.25) is 0 Å². The summed E-state index contributed by atoms with van der Waals surface area (Å²) in [6.07, 6.45) is 53.8. The molecule has 75 heavy (non-hydrogen) atoms. The summed E-state index contributed by atoms with van der Waals surface area (Å²) >= 11 is 0. The van der Waals surface area contributed by atoms with Crippen molar-refractivity contribution in [3.8, 4) is 0 Å². The van der Waals surface area contributed by atoms with Gasteiger partial charge in [0.25, 0.3) is 0 Å². The molecule has 1 heterocycles. The number of aliphatic hydroxyl groups excluding tert-OH is 2. The number of carbonyl (C=O) groups is 4. The molecule has 1 aliphatic heterocycles. The Hall–Kier alpha value is -4.36. The van der Waals surface area contributed by atoms with Gasteiger partial charge in [-0.2, -0.15) is 0 Å². The van der Waals surface area contributed by atoms with Crippen LogP contribution in [0.15, 0.2) is 97.2 Å². The van der Waals surface area contributed by atoms with E-state index in [-0.39, 0.29) is 25.9 Å². The first-order valence-corrected chi connectivity index (χ1v) is 29.2. The number of hydrogen-bond acceptors (Lipinski definition) is 11. The summed E-state index contributed by atoms with van der Waals surface area (Å²) in [7, 11) is 0. The van der Waals surface area contributed by atoms with Crippen LogP contribution in [-0.4, -0.2) is 89.2 Å². The maximum Gasteiger partial charge on any atom is 0.335 e. The number of ether oxygens (including phenoxy) is 5. The fourth-order valence-corrected chi connectivity index (χ4v) is 8.13. The number of allylic oxidation sites excluding steroid dienone is 16. The average molecular weight is 1050 g/mol. The SMILES string of the molecule is CC/C=C\C/C=C\C/C=C\C/C=C\C/C=C\CCCC(=O)OCC(COC1OC(C(=O)O)C(O)C(O)C1OC(=O)CCCCCCC/C=C\CCCCCC)OC(=O)CCCCCCC/C=C\C/C=C\CCCCC. The molecule has 0 aromatic carbocycles. The summed E-state index contributed by atoms with van der Waals surface area (Å²) in [4.78, 5) is 51.1. The molecule has 6 unspecified atom stereocenters. The highest BCUT2D eigenvalue weighted by Crippen LogP contribution is 2.26. The van der Waals surface area contributed by atoms with E-state index in [4.69, 9.17) is 23.7 Å². The Morgan fingerprint density at radius 3 is 1.36 bits per heavy atom. The van der Waals surface area contributed by atoms with Crippen LogP contribution in [0.5, 0.6) is 0 Å². The average Bonchev–Trinajstić information content (AvgIpc) is 3.39. The third-order valence-corrected chi connectivity index (χ3v) is 12.6. The molecule has 0 spiro atoms. The number of rotatable bonds is 48. The van der Waals surface area contributed by atoms with Crippen LogP contribution in [0.3, 0.4) is 0 Å². The summed E-state index contributed by atoms with van der Waals surface area (Å²) in [5, 5.41) is 31.4. The Morgan fingerprint density at radius 1 is 0.453 bits per heavy atom. The van der Waals surface area contributed by atoms with E-state index in [0.29, 0.717) is 25.7 Å². The van der Waals surface area contributed by atoms with Gasteiger partial charge in [0.15, 0.2) is 24.6 Å². The lowest BCUT2D eigenvalue weighted by atomic mass is 9.98. The van der Waals surface area contributed by atoms with Crippen molar-refractivity contribution in [3.63, 3.8) is 0 Å². The fraction of sp³-hybridized carbons (Fsp3) is 0.683. The highest BCUT2D eigenvalue weighted by atomic mass is 16.7. The lowest BCUT2D eigenvalue weighted by Gasteiger charge is -2.40. The van der Waals surface area contributed by atoms with Gasteiger partial charge in [0, 0.05) is 19.3 Å². The summed E-state index contributed by atoms with van der Waals surface area (Å²) in [5.41, 5.74) is 0. The molecule has 0 saturated carbocycles. The predicted molar refractivity (Wildman–Crippen MR) is 303 cm³/mol. The second kappa shape index (κ2) is 50.5. The predicted octanol–water partition coefficient (Wildman–Crippen LogP) is 14.9. The van der Waals surface area contributed by atoms with Crippen LogP contribution < -0.4 is 0 Å². The van der Waals surface area contributed by atoms with Crippen LogP contribution >= 0.6 is 0 Å². The largest absolute Gasteiger partial charge is 0.479 e. The monoisotopic (exact) mass is 1050 g/mol. The van der Waals surface area contributed by atoms with Crippen molar-refractivity contribution in [2.24, 2.45) is 0 Å². The van der Waals surface area contributed by atoms with Crippen LogP contribution in [-0.2, 0) is 42.9 Å². The number of carbonyl (C=O) groups excluding carboxylic acids is 3. The van der Waals surface area contributed by atoms with Crippen molar-refractivity contribution in [1.82, 2.24) is 0 Å². The number of carboxylic acids is 1. The Morgan fingerprint density at radius 2 is 0.853 bits per heavy atom. The second-order valence-corrected chi connectivity index (χ2v) is 19.5. The number of unbranched alkanes of at least 4 members (excludes halogenated alkanes) is 18. The van der Waals surface area contributed by atoms with Gasteiger partial charge in [0.1, 0.15) is 18.8 Å². The molecule has 12 heteroatoms. The minimum Gasteiger partial charge on any atom is -0.479 e. The second-order valence-electron chi connectivity index (χ2n) is 19.5. The van der Waals surface area contributed by atoms with E-state index in [9.17, 15) is 34.5 Å². The van der Waals surface area contributed by atoms with Gasteiger partial charge < -0.3 is 39.0 Å². The molecule has 426 valence electrons. The van der Waals surface area contributed by atoms with Crippen molar-refractivity contribution in [1.29, 1.82) is 0 Å². The number of hydrogen-bond donors (Lipinski definition) is 3. The minimum atomic E-state index is -1.92. The van der Waals surface area contributed by atoms with Gasteiger partial charge in [-0.15, -0.1) is 0 Å². The van der Waals surface area contributed by atoms with Crippen molar-refractivity contribution >= 4 is 23.9 Å².